The third-order valence-corrected chi connectivity index (χ3v) is 25.4. The van der Waals surface area contributed by atoms with Gasteiger partial charge in [0, 0.05) is 32.9 Å². The molecule has 0 saturated carbocycles. The number of rotatable bonds is 9. The predicted molar refractivity (Wildman–Crippen MR) is 515 cm³/mol. The summed E-state index contributed by atoms with van der Waals surface area (Å²) in [6.07, 6.45) is 0. The molecule has 23 aromatic carbocycles. The molecule has 556 valence electrons. The normalized spacial score (nSPS) is 11.8. The Labute approximate surface area is 693 Å². The summed E-state index contributed by atoms with van der Waals surface area (Å²) in [5.41, 5.74) is 24.6. The quantitative estimate of drug-likeness (QED) is 0.128. The summed E-state index contributed by atoms with van der Waals surface area (Å²) in [7, 11) is 0. The molecule has 25 aromatic rings. The van der Waals surface area contributed by atoms with Gasteiger partial charge in [0.2, 0.25) is 0 Å². The number of aromatic nitrogens is 2. The molecule has 0 N–H and O–H groups in total. The fraction of sp³-hybridized carbons (Fsp3) is 0. The maximum absolute atomic E-state index is 2.48. The van der Waals surface area contributed by atoms with E-state index in [4.69, 9.17) is 0 Å². The SMILES string of the molecule is c1ccc(-c2c3ccccc3c(-c3cccc(-c4cccc5cc6c(ccc7c6c6c8ccccc8ccc6n7-c6ccccc6)cc45)c3)c3ccccc23)cc1.c1ccc(-c2cccc(-c3cccc4cc5c(ccc6c5c5c7ccccc7ccc5n6-c5ccc(-c6c7ccccc7c(-c7ccccc7)c7ccccc67)cc5)cc34)c2)cc1. The van der Waals surface area contributed by atoms with Gasteiger partial charge in [-0.3, -0.25) is 0 Å². The summed E-state index contributed by atoms with van der Waals surface area (Å²) in [6, 6.07) is 165. The van der Waals surface area contributed by atoms with Crippen molar-refractivity contribution in [1.29, 1.82) is 0 Å². The molecule has 0 aliphatic carbocycles. The molecule has 120 heavy (non-hydrogen) atoms. The lowest BCUT2D eigenvalue weighted by atomic mass is 9.85. The van der Waals surface area contributed by atoms with Crippen molar-refractivity contribution in [2.75, 3.05) is 0 Å². The lowest BCUT2D eigenvalue weighted by Crippen LogP contribution is -1.95. The second-order valence-corrected chi connectivity index (χ2v) is 32.0. The monoisotopic (exact) mass is 1520 g/mol. The summed E-state index contributed by atoms with van der Waals surface area (Å²) in [6.45, 7) is 0. The number of hydrogen-bond donors (Lipinski definition) is 0. The zero-order chi connectivity index (χ0) is 78.9. The average molecular weight is 1520 g/mol. The van der Waals surface area contributed by atoms with Gasteiger partial charge in [-0.05, 0) is 271 Å². The van der Waals surface area contributed by atoms with E-state index < -0.39 is 0 Å². The van der Waals surface area contributed by atoms with Crippen LogP contribution in [-0.2, 0) is 0 Å². The van der Waals surface area contributed by atoms with Crippen molar-refractivity contribution >= 4 is 151 Å². The summed E-state index contributed by atoms with van der Waals surface area (Å²) in [5, 5.41) is 30.4. The van der Waals surface area contributed by atoms with Crippen molar-refractivity contribution in [3.8, 4) is 89.3 Å². The Balaban J connectivity index is 0.000000137. The Morgan fingerprint density at radius 2 is 0.383 bits per heavy atom. The minimum Gasteiger partial charge on any atom is -0.309 e. The van der Waals surface area contributed by atoms with Crippen molar-refractivity contribution < 1.29 is 0 Å². The van der Waals surface area contributed by atoms with E-state index in [2.05, 4.69) is 458 Å². The fourth-order valence-corrected chi connectivity index (χ4v) is 20.2. The molecule has 0 aliphatic heterocycles. The van der Waals surface area contributed by atoms with Crippen molar-refractivity contribution in [2.24, 2.45) is 0 Å². The number of fused-ring (bicyclic) bond motifs is 20. The highest BCUT2D eigenvalue weighted by molar-refractivity contribution is 6.32. The zero-order valence-electron chi connectivity index (χ0n) is 65.6. The summed E-state index contributed by atoms with van der Waals surface area (Å²) >= 11 is 0. The first kappa shape index (κ1) is 68.6. The predicted octanol–water partition coefficient (Wildman–Crippen LogP) is 32.8. The number of hydrogen-bond acceptors (Lipinski definition) is 0. The highest BCUT2D eigenvalue weighted by Gasteiger charge is 2.25. The third-order valence-electron chi connectivity index (χ3n) is 25.4. The fourth-order valence-electron chi connectivity index (χ4n) is 20.2. The van der Waals surface area contributed by atoms with Crippen LogP contribution in [0.5, 0.6) is 0 Å². The smallest absolute Gasteiger partial charge is 0.0547 e. The van der Waals surface area contributed by atoms with E-state index >= 15 is 0 Å². The van der Waals surface area contributed by atoms with E-state index in [9.17, 15) is 0 Å². The second-order valence-electron chi connectivity index (χ2n) is 32.0. The minimum absolute atomic E-state index is 1.14. The highest BCUT2D eigenvalue weighted by Crippen LogP contribution is 2.50. The van der Waals surface area contributed by atoms with E-state index in [0.29, 0.717) is 0 Å². The van der Waals surface area contributed by atoms with Gasteiger partial charge in [-0.1, -0.05) is 364 Å². The van der Waals surface area contributed by atoms with E-state index in [0.717, 1.165) is 5.69 Å². The van der Waals surface area contributed by atoms with Crippen LogP contribution in [0.2, 0.25) is 0 Å². The maximum Gasteiger partial charge on any atom is 0.0547 e. The van der Waals surface area contributed by atoms with Crippen LogP contribution in [0.3, 0.4) is 0 Å². The Bertz CT molecular complexity index is 8370. The Morgan fingerprint density at radius 1 is 0.125 bits per heavy atom. The van der Waals surface area contributed by atoms with Gasteiger partial charge in [-0.2, -0.15) is 0 Å². The van der Waals surface area contributed by atoms with Crippen molar-refractivity contribution in [3.05, 3.63) is 449 Å². The van der Waals surface area contributed by atoms with Crippen LogP contribution in [0.1, 0.15) is 0 Å². The van der Waals surface area contributed by atoms with Crippen molar-refractivity contribution in [1.82, 2.24) is 9.13 Å². The third kappa shape index (κ3) is 11.0. The van der Waals surface area contributed by atoms with Crippen LogP contribution in [0.25, 0.3) is 241 Å². The Kier molecular flexibility index (Phi) is 16.0. The van der Waals surface area contributed by atoms with Crippen LogP contribution >= 0.6 is 0 Å². The van der Waals surface area contributed by atoms with Crippen LogP contribution in [0, 0.1) is 0 Å². The largest absolute Gasteiger partial charge is 0.309 e. The molecule has 0 bridgehead atoms. The van der Waals surface area contributed by atoms with Gasteiger partial charge in [-0.15, -0.1) is 0 Å². The van der Waals surface area contributed by atoms with Crippen LogP contribution in [0.15, 0.2) is 449 Å². The lowest BCUT2D eigenvalue weighted by Gasteiger charge is -2.18. The van der Waals surface area contributed by atoms with Gasteiger partial charge in [-0.25, -0.2) is 0 Å². The van der Waals surface area contributed by atoms with Crippen LogP contribution in [-0.4, -0.2) is 9.13 Å². The lowest BCUT2D eigenvalue weighted by molar-refractivity contribution is 1.18. The van der Waals surface area contributed by atoms with Gasteiger partial charge in [0.1, 0.15) is 0 Å². The molecular formula is C118H74N2. The van der Waals surface area contributed by atoms with Gasteiger partial charge in [0.25, 0.3) is 0 Å². The molecule has 0 fully saturated rings. The molecule has 0 radical (unpaired) electrons. The maximum atomic E-state index is 2.48. The zero-order valence-corrected chi connectivity index (χ0v) is 65.6. The molecule has 2 nitrogen and oxygen atoms in total. The van der Waals surface area contributed by atoms with E-state index in [1.807, 2.05) is 0 Å². The molecule has 0 unspecified atom stereocenters. The van der Waals surface area contributed by atoms with Crippen molar-refractivity contribution in [2.45, 2.75) is 0 Å². The Morgan fingerprint density at radius 3 is 0.792 bits per heavy atom. The first-order valence-electron chi connectivity index (χ1n) is 41.6. The van der Waals surface area contributed by atoms with E-state index in [-0.39, 0.29) is 0 Å². The first-order chi connectivity index (χ1) is 59.6. The van der Waals surface area contributed by atoms with E-state index in [1.54, 1.807) is 0 Å². The van der Waals surface area contributed by atoms with Gasteiger partial charge >= 0.3 is 0 Å². The molecule has 2 aromatic heterocycles. The highest BCUT2D eigenvalue weighted by atomic mass is 15.0. The second kappa shape index (κ2) is 28.0. The van der Waals surface area contributed by atoms with Crippen molar-refractivity contribution in [3.63, 3.8) is 0 Å². The molecule has 2 heterocycles. The van der Waals surface area contributed by atoms with E-state index in [1.165, 1.54) is 235 Å². The van der Waals surface area contributed by atoms with Crippen LogP contribution in [0.4, 0.5) is 0 Å². The van der Waals surface area contributed by atoms with Gasteiger partial charge < -0.3 is 9.13 Å². The summed E-state index contributed by atoms with van der Waals surface area (Å²) in [5.74, 6) is 0. The number of para-hydroxylation sites is 1. The number of benzene rings is 23. The van der Waals surface area contributed by atoms with Gasteiger partial charge in [0.15, 0.2) is 0 Å². The number of nitrogens with zero attached hydrogens (tertiary/aromatic N) is 2. The molecule has 0 spiro atoms. The molecule has 0 atom stereocenters. The first-order valence-corrected chi connectivity index (χ1v) is 41.6. The minimum atomic E-state index is 1.14. The Hall–Kier alpha value is -15.7. The molecule has 0 aliphatic rings. The molecular weight excluding hydrogens is 1450 g/mol. The molecule has 0 amide bonds. The average Bonchev–Trinajstić information content (AvgIpc) is 1.49. The molecule has 0 saturated heterocycles. The van der Waals surface area contributed by atoms with Crippen LogP contribution < -0.4 is 0 Å². The molecule has 2 heteroatoms. The molecule has 25 rings (SSSR count). The summed E-state index contributed by atoms with van der Waals surface area (Å²) < 4.78 is 4.91. The van der Waals surface area contributed by atoms with Gasteiger partial charge in [0.05, 0.1) is 22.1 Å². The standard InChI is InChI=1S/C62H39N.C56H35N/c1-3-15-40(16-4-1)44-20-13-21-45(37-44)49-28-14-22-46-39-56-47(38-55(46)49)32-36-58-62(56)61-50-23-8-7-17-41(50)31-35-57(61)63(58)48-33-29-43(30-34-48)60-53-26-11-9-24-51(53)59(42-18-5-2-6-19-42)52-25-10-12-27-54(52)60;1-3-16-37(17-4-1)53-45-24-9-11-26-47(45)54(48-27-12-10-25-46(48)53)41-20-13-18-38(33-41)43-28-14-19-39-35-50-40(34-49(39)43)30-32-52-56(50)55-44-23-8-7-15-36(44)29-31-51(55)57(52)42-21-5-2-6-22-42/h1-39H;1-35H. The topological polar surface area (TPSA) is 9.86 Å². The summed E-state index contributed by atoms with van der Waals surface area (Å²) in [4.78, 5) is 0.